The summed E-state index contributed by atoms with van der Waals surface area (Å²) in [5.41, 5.74) is 10.1. The SMILES string of the molecule is COCCOCCOCCn1c2cc(N=C(c3ccccc3)c3ccccc3)ccc2c2ccc(N=C(c3ccccc3)c3ccccc3)cc21. The van der Waals surface area contributed by atoms with Crippen LogP contribution in [0.4, 0.5) is 11.4 Å². The van der Waals surface area contributed by atoms with Crippen LogP contribution < -0.4 is 0 Å². The Labute approximate surface area is 299 Å². The van der Waals surface area contributed by atoms with Gasteiger partial charge in [0.05, 0.1) is 66.9 Å². The first-order valence-corrected chi connectivity index (χ1v) is 17.4. The minimum atomic E-state index is 0.515. The highest BCUT2D eigenvalue weighted by Gasteiger charge is 2.15. The average molecular weight is 672 g/mol. The summed E-state index contributed by atoms with van der Waals surface area (Å²) < 4.78 is 19.1. The van der Waals surface area contributed by atoms with E-state index in [4.69, 9.17) is 24.2 Å². The molecule has 1 heterocycles. The van der Waals surface area contributed by atoms with Gasteiger partial charge in [-0.15, -0.1) is 0 Å². The first kappa shape index (κ1) is 33.8. The summed E-state index contributed by atoms with van der Waals surface area (Å²) in [4.78, 5) is 10.5. The number of aromatic nitrogens is 1. The van der Waals surface area contributed by atoms with Gasteiger partial charge in [-0.2, -0.15) is 0 Å². The maximum absolute atomic E-state index is 6.06. The fraction of sp³-hybridized carbons (Fsp3) is 0.156. The number of rotatable bonds is 15. The van der Waals surface area contributed by atoms with Gasteiger partial charge in [-0.1, -0.05) is 133 Å². The van der Waals surface area contributed by atoms with Crippen LogP contribution >= 0.6 is 0 Å². The Kier molecular flexibility index (Phi) is 11.2. The molecule has 51 heavy (non-hydrogen) atoms. The van der Waals surface area contributed by atoms with Crippen molar-refractivity contribution < 1.29 is 14.2 Å². The van der Waals surface area contributed by atoms with Crippen LogP contribution in [0.25, 0.3) is 21.8 Å². The number of benzene rings is 6. The third-order valence-corrected chi connectivity index (χ3v) is 8.77. The van der Waals surface area contributed by atoms with E-state index in [0.717, 1.165) is 66.9 Å². The topological polar surface area (TPSA) is 57.3 Å². The van der Waals surface area contributed by atoms with E-state index < -0.39 is 0 Å². The quantitative estimate of drug-likeness (QED) is 0.0806. The molecule has 0 unspecified atom stereocenters. The zero-order valence-corrected chi connectivity index (χ0v) is 28.8. The highest BCUT2D eigenvalue weighted by Crippen LogP contribution is 2.35. The van der Waals surface area contributed by atoms with Crippen LogP contribution in [0.15, 0.2) is 168 Å². The van der Waals surface area contributed by atoms with Crippen molar-refractivity contribution in [1.82, 2.24) is 4.57 Å². The molecule has 0 N–H and O–H groups in total. The minimum Gasteiger partial charge on any atom is -0.382 e. The molecule has 6 heteroatoms. The van der Waals surface area contributed by atoms with Crippen LogP contribution in [0.5, 0.6) is 0 Å². The second kappa shape index (κ2) is 16.8. The van der Waals surface area contributed by atoms with Crippen molar-refractivity contribution in [3.8, 4) is 0 Å². The molecule has 0 amide bonds. The maximum atomic E-state index is 6.06. The summed E-state index contributed by atoms with van der Waals surface area (Å²) in [6.45, 7) is 3.36. The number of hydrogen-bond donors (Lipinski definition) is 0. The number of ether oxygens (including phenoxy) is 3. The first-order valence-electron chi connectivity index (χ1n) is 17.4. The summed E-state index contributed by atoms with van der Waals surface area (Å²) >= 11 is 0. The van der Waals surface area contributed by atoms with Crippen LogP contribution in [-0.2, 0) is 20.8 Å². The summed E-state index contributed by atoms with van der Waals surface area (Å²) in [7, 11) is 1.67. The van der Waals surface area contributed by atoms with E-state index in [1.807, 2.05) is 24.3 Å². The Hall–Kier alpha value is -5.66. The molecular formula is C45H41N3O3. The van der Waals surface area contributed by atoms with Gasteiger partial charge in [0, 0.05) is 46.7 Å². The third-order valence-electron chi connectivity index (χ3n) is 8.77. The lowest BCUT2D eigenvalue weighted by Crippen LogP contribution is -2.11. The predicted molar refractivity (Wildman–Crippen MR) is 209 cm³/mol. The molecule has 0 fully saturated rings. The van der Waals surface area contributed by atoms with Gasteiger partial charge in [-0.3, -0.25) is 0 Å². The molecule has 0 atom stereocenters. The molecule has 6 nitrogen and oxygen atoms in total. The van der Waals surface area contributed by atoms with Gasteiger partial charge in [-0.25, -0.2) is 9.98 Å². The molecule has 0 aliphatic heterocycles. The molecule has 254 valence electrons. The van der Waals surface area contributed by atoms with Gasteiger partial charge in [0.25, 0.3) is 0 Å². The van der Waals surface area contributed by atoms with E-state index in [9.17, 15) is 0 Å². The van der Waals surface area contributed by atoms with Gasteiger partial charge in [-0.05, 0) is 24.3 Å². The molecule has 6 aromatic carbocycles. The van der Waals surface area contributed by atoms with E-state index in [-0.39, 0.29) is 0 Å². The molecule has 0 saturated heterocycles. The van der Waals surface area contributed by atoms with Crippen LogP contribution in [0.3, 0.4) is 0 Å². The molecule has 0 radical (unpaired) electrons. The van der Waals surface area contributed by atoms with Gasteiger partial charge in [0.15, 0.2) is 0 Å². The van der Waals surface area contributed by atoms with Crippen molar-refractivity contribution in [2.45, 2.75) is 6.54 Å². The molecule has 7 rings (SSSR count). The lowest BCUT2D eigenvalue weighted by atomic mass is 10.0. The van der Waals surface area contributed by atoms with Crippen LogP contribution in [-0.4, -0.2) is 56.1 Å². The van der Waals surface area contributed by atoms with Crippen LogP contribution in [0, 0.1) is 0 Å². The van der Waals surface area contributed by atoms with Crippen molar-refractivity contribution in [2.75, 3.05) is 40.1 Å². The largest absolute Gasteiger partial charge is 0.382 e. The van der Waals surface area contributed by atoms with Gasteiger partial charge >= 0.3 is 0 Å². The number of aliphatic imine (C=N–C) groups is 2. The van der Waals surface area contributed by atoms with Crippen molar-refractivity contribution in [3.05, 3.63) is 180 Å². The highest BCUT2D eigenvalue weighted by atomic mass is 16.5. The summed E-state index contributed by atoms with van der Waals surface area (Å²) in [5, 5.41) is 2.32. The predicted octanol–water partition coefficient (Wildman–Crippen LogP) is 9.81. The lowest BCUT2D eigenvalue weighted by molar-refractivity contribution is 0.0234. The molecule has 0 saturated carbocycles. The minimum absolute atomic E-state index is 0.515. The number of hydrogen-bond acceptors (Lipinski definition) is 5. The van der Waals surface area contributed by atoms with Crippen molar-refractivity contribution in [3.63, 3.8) is 0 Å². The van der Waals surface area contributed by atoms with E-state index in [2.05, 4.69) is 138 Å². The van der Waals surface area contributed by atoms with E-state index in [1.54, 1.807) is 7.11 Å². The Bertz CT molecular complexity index is 2000. The zero-order chi connectivity index (χ0) is 34.7. The van der Waals surface area contributed by atoms with Gasteiger partial charge in [0.2, 0.25) is 0 Å². The number of methoxy groups -OCH3 is 1. The van der Waals surface area contributed by atoms with Crippen molar-refractivity contribution >= 4 is 44.6 Å². The summed E-state index contributed by atoms with van der Waals surface area (Å²) in [5.74, 6) is 0. The van der Waals surface area contributed by atoms with Crippen molar-refractivity contribution in [1.29, 1.82) is 0 Å². The molecular weight excluding hydrogens is 631 g/mol. The number of nitrogens with zero attached hydrogens (tertiary/aromatic N) is 3. The monoisotopic (exact) mass is 671 g/mol. The fourth-order valence-corrected chi connectivity index (χ4v) is 6.31. The maximum Gasteiger partial charge on any atom is 0.0781 e. The van der Waals surface area contributed by atoms with E-state index in [1.165, 1.54) is 0 Å². The zero-order valence-electron chi connectivity index (χ0n) is 28.8. The van der Waals surface area contributed by atoms with Crippen molar-refractivity contribution in [2.24, 2.45) is 9.98 Å². The molecule has 7 aromatic rings. The van der Waals surface area contributed by atoms with E-state index >= 15 is 0 Å². The highest BCUT2D eigenvalue weighted by molar-refractivity contribution is 6.16. The smallest absolute Gasteiger partial charge is 0.0781 e. The summed E-state index contributed by atoms with van der Waals surface area (Å²) in [6, 6.07) is 54.4. The Balaban J connectivity index is 1.31. The molecule has 1 aromatic heterocycles. The van der Waals surface area contributed by atoms with Crippen LogP contribution in [0.2, 0.25) is 0 Å². The standard InChI is InChI=1S/C45H41N3O3/c1-49-28-29-51-31-30-50-27-26-48-42-32-38(46-44(34-14-6-2-7-15-34)35-16-8-3-9-17-35)22-24-40(42)41-25-23-39(33-43(41)48)47-45(36-18-10-4-11-19-36)37-20-12-5-13-21-37/h2-25,32-33H,26-31H2,1H3. The fourth-order valence-electron chi connectivity index (χ4n) is 6.31. The summed E-state index contributed by atoms with van der Waals surface area (Å²) in [6.07, 6.45) is 0. The second-order valence-corrected chi connectivity index (χ2v) is 12.2. The molecule has 0 aliphatic rings. The lowest BCUT2D eigenvalue weighted by Gasteiger charge is -2.11. The Morgan fingerprint density at radius 1 is 0.451 bits per heavy atom. The average Bonchev–Trinajstić information content (AvgIpc) is 3.50. The van der Waals surface area contributed by atoms with E-state index in [0.29, 0.717) is 39.6 Å². The first-order chi connectivity index (χ1) is 25.3. The number of fused-ring (bicyclic) bond motifs is 3. The molecule has 0 bridgehead atoms. The van der Waals surface area contributed by atoms with Gasteiger partial charge in [0.1, 0.15) is 0 Å². The second-order valence-electron chi connectivity index (χ2n) is 12.2. The molecule has 0 spiro atoms. The molecule has 0 aliphatic carbocycles. The Morgan fingerprint density at radius 3 is 1.22 bits per heavy atom. The van der Waals surface area contributed by atoms with Gasteiger partial charge < -0.3 is 18.8 Å². The third kappa shape index (κ3) is 8.22. The van der Waals surface area contributed by atoms with Crippen LogP contribution in [0.1, 0.15) is 22.3 Å². The normalized spacial score (nSPS) is 11.2. The Morgan fingerprint density at radius 2 is 0.824 bits per heavy atom.